The Labute approximate surface area is 106 Å². The molecule has 1 aromatic heterocycles. The Bertz CT molecular complexity index is 549. The molecule has 0 saturated carbocycles. The number of carbonyl (C=O) groups excluding carboxylic acids is 1. The van der Waals surface area contributed by atoms with Gasteiger partial charge in [0, 0.05) is 0 Å². The van der Waals surface area contributed by atoms with E-state index in [9.17, 15) is 13.2 Å². The molecule has 0 spiro atoms. The van der Waals surface area contributed by atoms with Crippen LogP contribution in [0.15, 0.2) is 16.5 Å². The van der Waals surface area contributed by atoms with Gasteiger partial charge in [-0.15, -0.1) is 0 Å². The van der Waals surface area contributed by atoms with E-state index in [2.05, 4.69) is 0 Å². The third kappa shape index (κ3) is 2.89. The summed E-state index contributed by atoms with van der Waals surface area (Å²) in [5.41, 5.74) is 0. The Morgan fingerprint density at radius 3 is 2.61 bits per heavy atom. The molecule has 1 fully saturated rings. The van der Waals surface area contributed by atoms with E-state index in [-0.39, 0.29) is 13.1 Å². The van der Waals surface area contributed by atoms with Gasteiger partial charge in [0.05, 0.1) is 19.6 Å². The van der Waals surface area contributed by atoms with Crippen molar-refractivity contribution in [3.05, 3.63) is 23.7 Å². The lowest BCUT2D eigenvalue weighted by Crippen LogP contribution is -2.29. The molecule has 7 nitrogen and oxygen atoms in total. The van der Waals surface area contributed by atoms with Crippen LogP contribution in [0, 0.1) is 0 Å². The fourth-order valence-electron chi connectivity index (χ4n) is 1.70. The molecule has 100 valence electrons. The summed E-state index contributed by atoms with van der Waals surface area (Å²) in [5.74, 6) is 0.757. The standard InChI is InChI=1S/C10H15N3O4S/c1-12(2)5-8-3-4-9(17-8)6-13-7-10(14)11-18(13,15)16/h3-4H,5-7H2,1-2H3,(H,11,14). The quantitative estimate of drug-likeness (QED) is 0.801. The molecule has 0 atom stereocenters. The molecule has 1 aliphatic rings. The molecule has 1 aromatic rings. The fraction of sp³-hybridized carbons (Fsp3) is 0.500. The molecule has 0 unspecified atom stereocenters. The van der Waals surface area contributed by atoms with E-state index in [1.807, 2.05) is 23.7 Å². The average Bonchev–Trinajstić information content (AvgIpc) is 2.71. The number of carbonyl (C=O) groups is 1. The summed E-state index contributed by atoms with van der Waals surface area (Å²) in [6.45, 7) is 0.546. The first kappa shape index (κ1) is 13.1. The number of furan rings is 1. The Morgan fingerprint density at radius 1 is 1.39 bits per heavy atom. The molecule has 0 aliphatic carbocycles. The second-order valence-electron chi connectivity index (χ2n) is 4.40. The van der Waals surface area contributed by atoms with Gasteiger partial charge in [0.1, 0.15) is 11.5 Å². The van der Waals surface area contributed by atoms with Crippen LogP contribution in [0.2, 0.25) is 0 Å². The zero-order chi connectivity index (χ0) is 13.3. The largest absolute Gasteiger partial charge is 0.463 e. The summed E-state index contributed by atoms with van der Waals surface area (Å²) in [4.78, 5) is 13.0. The highest BCUT2D eigenvalue weighted by Gasteiger charge is 2.34. The SMILES string of the molecule is CN(C)Cc1ccc(CN2CC(=O)NS2(=O)=O)o1. The van der Waals surface area contributed by atoms with E-state index in [1.54, 1.807) is 12.1 Å². The predicted octanol–water partition coefficient (Wildman–Crippen LogP) is -0.482. The maximum absolute atomic E-state index is 11.5. The molecule has 1 amide bonds. The normalized spacial score (nSPS) is 19.4. The van der Waals surface area contributed by atoms with Gasteiger partial charge in [-0.05, 0) is 26.2 Å². The van der Waals surface area contributed by atoms with Gasteiger partial charge in [0.15, 0.2) is 0 Å². The van der Waals surface area contributed by atoms with Crippen LogP contribution >= 0.6 is 0 Å². The first-order chi connectivity index (χ1) is 8.37. The van der Waals surface area contributed by atoms with Crippen molar-refractivity contribution in [1.29, 1.82) is 0 Å². The first-order valence-electron chi connectivity index (χ1n) is 5.40. The van der Waals surface area contributed by atoms with Crippen LogP contribution in [0.25, 0.3) is 0 Å². The minimum atomic E-state index is -3.68. The molecular formula is C10H15N3O4S. The van der Waals surface area contributed by atoms with Crippen molar-refractivity contribution < 1.29 is 17.6 Å². The maximum Gasteiger partial charge on any atom is 0.304 e. The highest BCUT2D eigenvalue weighted by Crippen LogP contribution is 2.15. The Morgan fingerprint density at radius 2 is 2.06 bits per heavy atom. The number of hydrogen-bond donors (Lipinski definition) is 1. The lowest BCUT2D eigenvalue weighted by molar-refractivity contribution is -0.118. The molecular weight excluding hydrogens is 258 g/mol. The summed E-state index contributed by atoms with van der Waals surface area (Å²) >= 11 is 0. The second-order valence-corrected chi connectivity index (χ2v) is 6.07. The molecule has 0 radical (unpaired) electrons. The topological polar surface area (TPSA) is 82.9 Å². The zero-order valence-corrected chi connectivity index (χ0v) is 11.0. The van der Waals surface area contributed by atoms with Crippen LogP contribution in [0.4, 0.5) is 0 Å². The summed E-state index contributed by atoms with van der Waals surface area (Å²) in [6, 6.07) is 3.52. The van der Waals surface area contributed by atoms with Crippen molar-refractivity contribution in [2.45, 2.75) is 13.1 Å². The van der Waals surface area contributed by atoms with Crippen molar-refractivity contribution >= 4 is 16.1 Å². The minimum absolute atomic E-state index is 0.0640. The smallest absolute Gasteiger partial charge is 0.304 e. The van der Waals surface area contributed by atoms with Crippen molar-refractivity contribution in [2.24, 2.45) is 0 Å². The van der Waals surface area contributed by atoms with Crippen molar-refractivity contribution in [3.8, 4) is 0 Å². The summed E-state index contributed by atoms with van der Waals surface area (Å²) in [5, 5.41) is 0. The van der Waals surface area contributed by atoms with E-state index in [0.717, 1.165) is 10.1 Å². The fourth-order valence-corrected chi connectivity index (χ4v) is 2.77. The number of rotatable bonds is 4. The lowest BCUT2D eigenvalue weighted by Gasteiger charge is -2.10. The third-order valence-electron chi connectivity index (χ3n) is 2.42. The molecule has 8 heteroatoms. The van der Waals surface area contributed by atoms with Gasteiger partial charge in [0.25, 0.3) is 0 Å². The molecule has 0 aromatic carbocycles. The third-order valence-corrected chi connectivity index (χ3v) is 3.85. The molecule has 18 heavy (non-hydrogen) atoms. The van der Waals surface area contributed by atoms with Crippen LogP contribution < -0.4 is 4.72 Å². The van der Waals surface area contributed by atoms with Crippen LogP contribution in [-0.4, -0.2) is 44.2 Å². The number of amides is 1. The summed E-state index contributed by atoms with van der Waals surface area (Å²) < 4.78 is 31.5. The predicted molar refractivity (Wildman–Crippen MR) is 63.6 cm³/mol. The van der Waals surface area contributed by atoms with Crippen molar-refractivity contribution in [3.63, 3.8) is 0 Å². The van der Waals surface area contributed by atoms with Crippen LogP contribution in [0.1, 0.15) is 11.5 Å². The zero-order valence-electron chi connectivity index (χ0n) is 10.2. The van der Waals surface area contributed by atoms with Gasteiger partial charge >= 0.3 is 10.2 Å². The van der Waals surface area contributed by atoms with Crippen LogP contribution in [0.5, 0.6) is 0 Å². The van der Waals surface area contributed by atoms with E-state index >= 15 is 0 Å². The van der Waals surface area contributed by atoms with Crippen molar-refractivity contribution in [1.82, 2.24) is 13.9 Å². The Kier molecular flexibility index (Phi) is 3.42. The van der Waals surface area contributed by atoms with Gasteiger partial charge in [-0.3, -0.25) is 4.79 Å². The molecule has 0 bridgehead atoms. The van der Waals surface area contributed by atoms with Crippen LogP contribution in [-0.2, 0) is 28.1 Å². The van der Waals surface area contributed by atoms with Gasteiger partial charge in [-0.1, -0.05) is 0 Å². The van der Waals surface area contributed by atoms with E-state index in [4.69, 9.17) is 4.42 Å². The molecule has 1 N–H and O–H groups in total. The van der Waals surface area contributed by atoms with Gasteiger partial charge < -0.3 is 9.32 Å². The summed E-state index contributed by atoms with van der Waals surface area (Å²) in [6.07, 6.45) is 0. The second kappa shape index (κ2) is 4.71. The van der Waals surface area contributed by atoms with Crippen molar-refractivity contribution in [2.75, 3.05) is 20.6 Å². The lowest BCUT2D eigenvalue weighted by atomic mass is 10.4. The van der Waals surface area contributed by atoms with Gasteiger partial charge in [0.2, 0.25) is 5.91 Å². The number of hydrogen-bond acceptors (Lipinski definition) is 5. The highest BCUT2D eigenvalue weighted by atomic mass is 32.2. The average molecular weight is 273 g/mol. The summed E-state index contributed by atoms with van der Waals surface area (Å²) in [7, 11) is 0.140. The molecule has 2 rings (SSSR count). The Hall–Kier alpha value is -1.38. The molecule has 2 heterocycles. The maximum atomic E-state index is 11.5. The van der Waals surface area contributed by atoms with Gasteiger partial charge in [-0.25, -0.2) is 4.72 Å². The number of nitrogens with zero attached hydrogens (tertiary/aromatic N) is 2. The Balaban J connectivity index is 2.06. The first-order valence-corrected chi connectivity index (χ1v) is 6.84. The van der Waals surface area contributed by atoms with E-state index in [0.29, 0.717) is 12.3 Å². The van der Waals surface area contributed by atoms with Gasteiger partial charge in [-0.2, -0.15) is 12.7 Å². The van der Waals surface area contributed by atoms with E-state index < -0.39 is 16.1 Å². The van der Waals surface area contributed by atoms with E-state index in [1.165, 1.54) is 0 Å². The monoisotopic (exact) mass is 273 g/mol. The van der Waals surface area contributed by atoms with Crippen LogP contribution in [0.3, 0.4) is 0 Å². The molecule has 1 aliphatic heterocycles. The minimum Gasteiger partial charge on any atom is -0.463 e. The highest BCUT2D eigenvalue weighted by molar-refractivity contribution is 7.88. The molecule has 1 saturated heterocycles. The number of nitrogens with one attached hydrogen (secondary N) is 1.